The van der Waals surface area contributed by atoms with Crippen molar-refractivity contribution in [3.8, 4) is 0 Å². The van der Waals surface area contributed by atoms with Crippen molar-refractivity contribution in [1.82, 2.24) is 4.90 Å². The number of fused-ring (bicyclic) bond motifs is 1. The van der Waals surface area contributed by atoms with E-state index in [0.717, 1.165) is 18.4 Å². The lowest BCUT2D eigenvalue weighted by Crippen LogP contribution is -2.49. The van der Waals surface area contributed by atoms with Crippen molar-refractivity contribution in [1.29, 1.82) is 0 Å². The molecular weight excluding hydrogens is 266 g/mol. The predicted octanol–water partition coefficient (Wildman–Crippen LogP) is 2.10. The van der Waals surface area contributed by atoms with Crippen LogP contribution in [0, 0.1) is 5.41 Å². The van der Waals surface area contributed by atoms with E-state index in [2.05, 4.69) is 13.8 Å². The van der Waals surface area contributed by atoms with Gasteiger partial charge in [-0.1, -0.05) is 26.0 Å². The Morgan fingerprint density at radius 2 is 1.90 bits per heavy atom. The summed E-state index contributed by atoms with van der Waals surface area (Å²) in [4.78, 5) is 28.4. The third-order valence-electron chi connectivity index (χ3n) is 4.59. The van der Waals surface area contributed by atoms with Gasteiger partial charge >= 0.3 is 6.03 Å². The number of imide groups is 1. The van der Waals surface area contributed by atoms with E-state index in [1.807, 2.05) is 12.1 Å². The van der Waals surface area contributed by atoms with E-state index in [9.17, 15) is 9.59 Å². The van der Waals surface area contributed by atoms with Crippen molar-refractivity contribution in [2.75, 3.05) is 11.4 Å². The summed E-state index contributed by atoms with van der Waals surface area (Å²) in [6, 6.07) is 6.77. The van der Waals surface area contributed by atoms with E-state index >= 15 is 0 Å². The maximum Gasteiger partial charge on any atom is 0.332 e. The summed E-state index contributed by atoms with van der Waals surface area (Å²) in [5.41, 5.74) is 7.03. The standard InChI is InChI=1S/C16H21N3O2/c1-16(2)8-3-9-18-13(16)14(20)19(15(18)21)12-6-4-11(10-17)5-7-12/h4-7,13H,3,8-10,17H2,1-2H3. The van der Waals surface area contributed by atoms with Crippen LogP contribution in [-0.4, -0.2) is 29.4 Å². The number of hydrogen-bond donors (Lipinski definition) is 1. The highest BCUT2D eigenvalue weighted by molar-refractivity contribution is 6.21. The first-order chi connectivity index (χ1) is 9.95. The van der Waals surface area contributed by atoms with Crippen LogP contribution in [0.5, 0.6) is 0 Å². The molecule has 0 aromatic heterocycles. The lowest BCUT2D eigenvalue weighted by molar-refractivity contribution is -0.124. The molecule has 3 amide bonds. The Morgan fingerprint density at radius 1 is 1.24 bits per heavy atom. The number of hydrogen-bond acceptors (Lipinski definition) is 3. The van der Waals surface area contributed by atoms with Gasteiger partial charge in [0.1, 0.15) is 6.04 Å². The minimum Gasteiger partial charge on any atom is -0.326 e. The first kappa shape index (κ1) is 14.1. The highest BCUT2D eigenvalue weighted by Crippen LogP contribution is 2.41. The lowest BCUT2D eigenvalue weighted by atomic mass is 9.77. The number of benzene rings is 1. The summed E-state index contributed by atoms with van der Waals surface area (Å²) in [5.74, 6) is -0.106. The van der Waals surface area contributed by atoms with Gasteiger partial charge in [0.2, 0.25) is 0 Å². The van der Waals surface area contributed by atoms with Crippen LogP contribution in [0.15, 0.2) is 24.3 Å². The zero-order chi connectivity index (χ0) is 15.2. The van der Waals surface area contributed by atoms with Crippen molar-refractivity contribution in [2.45, 2.75) is 39.3 Å². The quantitative estimate of drug-likeness (QED) is 0.847. The molecule has 21 heavy (non-hydrogen) atoms. The average molecular weight is 287 g/mol. The van der Waals surface area contributed by atoms with Gasteiger partial charge in [0, 0.05) is 13.1 Å². The Hall–Kier alpha value is -1.88. The molecule has 0 saturated carbocycles. The number of amides is 3. The second-order valence-electron chi connectivity index (χ2n) is 6.51. The normalized spacial score (nSPS) is 24.4. The highest BCUT2D eigenvalue weighted by atomic mass is 16.2. The van der Waals surface area contributed by atoms with E-state index in [1.165, 1.54) is 4.90 Å². The van der Waals surface area contributed by atoms with E-state index < -0.39 is 0 Å². The number of anilines is 1. The molecule has 2 aliphatic heterocycles. The minimum atomic E-state index is -0.340. The molecule has 1 atom stereocenters. The molecule has 2 saturated heterocycles. The van der Waals surface area contributed by atoms with Crippen molar-refractivity contribution in [3.63, 3.8) is 0 Å². The molecule has 112 valence electrons. The maximum absolute atomic E-state index is 12.8. The van der Waals surface area contributed by atoms with Gasteiger partial charge in [-0.2, -0.15) is 0 Å². The van der Waals surface area contributed by atoms with Crippen LogP contribution >= 0.6 is 0 Å². The zero-order valence-electron chi connectivity index (χ0n) is 12.5. The molecule has 0 radical (unpaired) electrons. The Balaban J connectivity index is 1.96. The largest absolute Gasteiger partial charge is 0.332 e. The fourth-order valence-electron chi connectivity index (χ4n) is 3.43. The van der Waals surface area contributed by atoms with Crippen molar-refractivity contribution >= 4 is 17.6 Å². The summed E-state index contributed by atoms with van der Waals surface area (Å²) in [6.45, 7) is 5.24. The molecule has 5 heteroatoms. The molecule has 2 heterocycles. The number of carbonyl (C=O) groups is 2. The number of carbonyl (C=O) groups excluding carboxylic acids is 2. The molecule has 0 bridgehead atoms. The first-order valence-electron chi connectivity index (χ1n) is 7.39. The van der Waals surface area contributed by atoms with Gasteiger partial charge in [-0.3, -0.25) is 4.79 Å². The van der Waals surface area contributed by atoms with Crippen LogP contribution in [0.2, 0.25) is 0 Å². The Bertz CT molecular complexity index is 580. The number of urea groups is 1. The fraction of sp³-hybridized carbons (Fsp3) is 0.500. The first-order valence-corrected chi connectivity index (χ1v) is 7.39. The maximum atomic E-state index is 12.8. The molecule has 0 spiro atoms. The molecule has 0 aliphatic carbocycles. The van der Waals surface area contributed by atoms with Crippen molar-refractivity contribution in [2.24, 2.45) is 11.1 Å². The van der Waals surface area contributed by atoms with Gasteiger partial charge in [0.05, 0.1) is 5.69 Å². The van der Waals surface area contributed by atoms with Gasteiger partial charge in [-0.25, -0.2) is 9.69 Å². The molecule has 2 fully saturated rings. The van der Waals surface area contributed by atoms with E-state index in [4.69, 9.17) is 5.73 Å². The summed E-state index contributed by atoms with van der Waals surface area (Å²) >= 11 is 0. The minimum absolute atomic E-state index is 0.106. The Kier molecular flexibility index (Phi) is 3.24. The van der Waals surface area contributed by atoms with Crippen LogP contribution in [0.3, 0.4) is 0 Å². The molecule has 5 nitrogen and oxygen atoms in total. The van der Waals surface area contributed by atoms with Gasteiger partial charge in [0.15, 0.2) is 0 Å². The highest BCUT2D eigenvalue weighted by Gasteiger charge is 2.53. The summed E-state index contributed by atoms with van der Waals surface area (Å²) < 4.78 is 0. The van der Waals surface area contributed by atoms with Gasteiger partial charge in [0.25, 0.3) is 5.91 Å². The van der Waals surface area contributed by atoms with Crippen molar-refractivity contribution < 1.29 is 9.59 Å². The lowest BCUT2D eigenvalue weighted by Gasteiger charge is -2.39. The fourth-order valence-corrected chi connectivity index (χ4v) is 3.43. The number of nitrogens with two attached hydrogens (primary N) is 1. The predicted molar refractivity (Wildman–Crippen MR) is 80.7 cm³/mol. The molecule has 2 N–H and O–H groups in total. The SMILES string of the molecule is CC1(C)CCCN2C(=O)N(c3ccc(CN)cc3)C(=O)C21. The summed E-state index contributed by atoms with van der Waals surface area (Å²) in [7, 11) is 0. The molecule has 2 aliphatic rings. The van der Waals surface area contributed by atoms with E-state index in [1.54, 1.807) is 17.0 Å². The topological polar surface area (TPSA) is 66.6 Å². The third-order valence-corrected chi connectivity index (χ3v) is 4.59. The summed E-state index contributed by atoms with van der Waals surface area (Å²) in [6.07, 6.45) is 1.91. The second kappa shape index (κ2) is 4.84. The number of nitrogens with zero attached hydrogens (tertiary/aromatic N) is 2. The number of piperidine rings is 1. The van der Waals surface area contributed by atoms with Gasteiger partial charge in [-0.05, 0) is 36.0 Å². The molecule has 1 aromatic carbocycles. The smallest absolute Gasteiger partial charge is 0.326 e. The van der Waals surface area contributed by atoms with Gasteiger partial charge < -0.3 is 10.6 Å². The van der Waals surface area contributed by atoms with Crippen LogP contribution in [0.1, 0.15) is 32.3 Å². The van der Waals surface area contributed by atoms with Gasteiger partial charge in [-0.15, -0.1) is 0 Å². The Labute approximate surface area is 124 Å². The molecule has 1 aromatic rings. The molecule has 1 unspecified atom stereocenters. The second-order valence-corrected chi connectivity index (χ2v) is 6.51. The molecular formula is C16H21N3O2. The zero-order valence-corrected chi connectivity index (χ0v) is 12.5. The monoisotopic (exact) mass is 287 g/mol. The number of rotatable bonds is 2. The van der Waals surface area contributed by atoms with Crippen LogP contribution in [-0.2, 0) is 11.3 Å². The Morgan fingerprint density at radius 3 is 2.48 bits per heavy atom. The summed E-state index contributed by atoms with van der Waals surface area (Å²) in [5, 5.41) is 0. The third kappa shape index (κ3) is 2.12. The van der Waals surface area contributed by atoms with E-state index in [0.29, 0.717) is 18.8 Å². The average Bonchev–Trinajstić information content (AvgIpc) is 2.72. The van der Waals surface area contributed by atoms with Crippen LogP contribution < -0.4 is 10.6 Å². The van der Waals surface area contributed by atoms with Crippen molar-refractivity contribution in [3.05, 3.63) is 29.8 Å². The van der Waals surface area contributed by atoms with E-state index in [-0.39, 0.29) is 23.4 Å². The van der Waals surface area contributed by atoms with Crippen LogP contribution in [0.25, 0.3) is 0 Å². The van der Waals surface area contributed by atoms with Crippen LogP contribution in [0.4, 0.5) is 10.5 Å². The molecule has 3 rings (SSSR count).